The van der Waals surface area contributed by atoms with E-state index in [0.717, 1.165) is 22.3 Å². The summed E-state index contributed by atoms with van der Waals surface area (Å²) in [4.78, 5) is 0.700. The number of aryl methyl sites for hydroxylation is 2. The number of hydrogen-bond acceptors (Lipinski definition) is 4. The molecule has 0 saturated heterocycles. The molecule has 10 heteroatoms. The number of nitrogens with zero attached hydrogens (tertiary/aromatic N) is 5. The zero-order chi connectivity index (χ0) is 21.5. The third-order valence-corrected chi connectivity index (χ3v) is 5.98. The molecule has 5 nitrogen and oxygen atoms in total. The van der Waals surface area contributed by atoms with E-state index in [1.54, 1.807) is 6.92 Å². The predicted molar refractivity (Wildman–Crippen MR) is 112 cm³/mol. The van der Waals surface area contributed by atoms with E-state index in [9.17, 15) is 13.2 Å². The van der Waals surface area contributed by atoms with Crippen molar-refractivity contribution in [2.45, 2.75) is 13.1 Å². The SMILES string of the molecule is Cc1nn(-c2cccc(C(F)(F)F)c2)c(Cl)c1C=NN=c1sc2ccccc2n1C. The molecule has 4 rings (SSSR count). The Hall–Kier alpha value is -2.91. The third-order valence-electron chi connectivity index (χ3n) is 4.51. The second kappa shape index (κ2) is 7.73. The third kappa shape index (κ3) is 3.78. The van der Waals surface area contributed by atoms with Crippen LogP contribution in [0.1, 0.15) is 16.8 Å². The fourth-order valence-corrected chi connectivity index (χ4v) is 4.25. The van der Waals surface area contributed by atoms with Gasteiger partial charge in [-0.05, 0) is 37.3 Å². The summed E-state index contributed by atoms with van der Waals surface area (Å²) in [5.41, 5.74) is 1.50. The predicted octanol–water partition coefficient (Wildman–Crippen LogP) is 5.34. The van der Waals surface area contributed by atoms with Gasteiger partial charge in [-0.3, -0.25) is 0 Å². The van der Waals surface area contributed by atoms with Crippen LogP contribution in [0.4, 0.5) is 13.2 Å². The lowest BCUT2D eigenvalue weighted by molar-refractivity contribution is -0.137. The van der Waals surface area contributed by atoms with Crippen molar-refractivity contribution in [1.29, 1.82) is 0 Å². The summed E-state index contributed by atoms with van der Waals surface area (Å²) >= 11 is 7.89. The van der Waals surface area contributed by atoms with E-state index in [4.69, 9.17) is 11.6 Å². The molecule has 0 aliphatic carbocycles. The minimum Gasteiger partial charge on any atom is -0.318 e. The second-order valence-electron chi connectivity index (χ2n) is 6.51. The Morgan fingerprint density at radius 1 is 1.13 bits per heavy atom. The molecular formula is C20H15ClF3N5S. The second-order valence-corrected chi connectivity index (χ2v) is 7.87. The number of rotatable bonds is 3. The van der Waals surface area contributed by atoms with Crippen molar-refractivity contribution in [2.75, 3.05) is 0 Å². The summed E-state index contributed by atoms with van der Waals surface area (Å²) in [5.74, 6) is 0. The number of alkyl halides is 3. The van der Waals surface area contributed by atoms with E-state index in [1.807, 2.05) is 35.9 Å². The van der Waals surface area contributed by atoms with E-state index < -0.39 is 11.7 Å². The van der Waals surface area contributed by atoms with E-state index in [0.29, 0.717) is 16.1 Å². The molecule has 0 unspecified atom stereocenters. The first-order valence-corrected chi connectivity index (χ1v) is 9.99. The molecule has 0 radical (unpaired) electrons. The van der Waals surface area contributed by atoms with Crippen LogP contribution in [0.2, 0.25) is 5.15 Å². The first-order valence-electron chi connectivity index (χ1n) is 8.80. The molecule has 0 atom stereocenters. The molecule has 2 aromatic carbocycles. The van der Waals surface area contributed by atoms with Crippen molar-refractivity contribution >= 4 is 39.4 Å². The van der Waals surface area contributed by atoms with E-state index in [-0.39, 0.29) is 10.8 Å². The lowest BCUT2D eigenvalue weighted by Crippen LogP contribution is -2.08. The van der Waals surface area contributed by atoms with Crippen molar-refractivity contribution in [1.82, 2.24) is 14.3 Å². The summed E-state index contributed by atoms with van der Waals surface area (Å²) in [5, 5.41) is 12.8. The molecule has 0 spiro atoms. The summed E-state index contributed by atoms with van der Waals surface area (Å²) in [6.07, 6.45) is -2.99. The van der Waals surface area contributed by atoms with Crippen LogP contribution in [0.5, 0.6) is 0 Å². The maximum Gasteiger partial charge on any atom is 0.416 e. The molecule has 0 aliphatic rings. The zero-order valence-electron chi connectivity index (χ0n) is 15.9. The maximum atomic E-state index is 13.0. The number of aromatic nitrogens is 3. The summed E-state index contributed by atoms with van der Waals surface area (Å²) in [7, 11) is 1.90. The van der Waals surface area contributed by atoms with Gasteiger partial charge < -0.3 is 4.57 Å². The molecule has 2 heterocycles. The number of para-hydroxylation sites is 1. The van der Waals surface area contributed by atoms with Crippen LogP contribution in [0.15, 0.2) is 58.7 Å². The van der Waals surface area contributed by atoms with Gasteiger partial charge in [-0.1, -0.05) is 41.1 Å². The number of fused-ring (bicyclic) bond motifs is 1. The van der Waals surface area contributed by atoms with Gasteiger partial charge in [0, 0.05) is 7.05 Å². The Bertz CT molecular complexity index is 1330. The molecule has 30 heavy (non-hydrogen) atoms. The smallest absolute Gasteiger partial charge is 0.318 e. The average Bonchev–Trinajstić information content (AvgIpc) is 3.18. The molecule has 0 amide bonds. The van der Waals surface area contributed by atoms with Crippen molar-refractivity contribution in [2.24, 2.45) is 17.3 Å². The van der Waals surface area contributed by atoms with Gasteiger partial charge >= 0.3 is 6.18 Å². The summed E-state index contributed by atoms with van der Waals surface area (Å²) in [6.45, 7) is 1.71. The van der Waals surface area contributed by atoms with Crippen molar-refractivity contribution in [3.05, 3.63) is 75.3 Å². The van der Waals surface area contributed by atoms with Crippen LogP contribution in [0.25, 0.3) is 15.9 Å². The minimum atomic E-state index is -4.45. The Kier molecular flexibility index (Phi) is 5.25. The Morgan fingerprint density at radius 2 is 1.90 bits per heavy atom. The standard InChI is InChI=1S/C20H15ClF3N5S/c1-12-15(11-25-26-19-28(2)16-8-3-4-9-17(16)30-19)18(21)29(27-12)14-7-5-6-13(10-14)20(22,23)24/h3-11H,1-2H3. The molecule has 0 bridgehead atoms. The van der Waals surface area contributed by atoms with Gasteiger partial charge in [0.15, 0.2) is 0 Å². The van der Waals surface area contributed by atoms with Gasteiger partial charge in [0.1, 0.15) is 5.15 Å². The largest absolute Gasteiger partial charge is 0.416 e. The highest BCUT2D eigenvalue weighted by Gasteiger charge is 2.30. The normalized spacial score (nSPS) is 13.1. The van der Waals surface area contributed by atoms with Crippen molar-refractivity contribution < 1.29 is 13.2 Å². The van der Waals surface area contributed by atoms with Crippen LogP contribution in [-0.4, -0.2) is 20.6 Å². The quantitative estimate of drug-likeness (QED) is 0.307. The fourth-order valence-electron chi connectivity index (χ4n) is 2.96. The molecule has 154 valence electrons. The van der Waals surface area contributed by atoms with Crippen LogP contribution >= 0.6 is 22.9 Å². The Balaban J connectivity index is 1.70. The highest BCUT2D eigenvalue weighted by Crippen LogP contribution is 2.31. The number of hydrogen-bond donors (Lipinski definition) is 0. The monoisotopic (exact) mass is 449 g/mol. The lowest BCUT2D eigenvalue weighted by atomic mass is 10.2. The zero-order valence-corrected chi connectivity index (χ0v) is 17.4. The number of benzene rings is 2. The molecule has 0 N–H and O–H groups in total. The Labute approximate surface area is 178 Å². The van der Waals surface area contributed by atoms with E-state index in [2.05, 4.69) is 15.3 Å². The van der Waals surface area contributed by atoms with Gasteiger partial charge in [0.25, 0.3) is 0 Å². The van der Waals surface area contributed by atoms with Crippen molar-refractivity contribution in [3.8, 4) is 5.69 Å². The first-order chi connectivity index (χ1) is 14.3. The molecule has 4 aromatic rings. The first kappa shape index (κ1) is 20.4. The Morgan fingerprint density at radius 3 is 2.63 bits per heavy atom. The van der Waals surface area contributed by atoms with Gasteiger partial charge in [0.05, 0.1) is 38.9 Å². The molecule has 0 saturated carbocycles. The average molecular weight is 450 g/mol. The van der Waals surface area contributed by atoms with Crippen LogP contribution < -0.4 is 4.80 Å². The van der Waals surface area contributed by atoms with Crippen LogP contribution in [-0.2, 0) is 13.2 Å². The fraction of sp³-hybridized carbons (Fsp3) is 0.150. The molecular weight excluding hydrogens is 435 g/mol. The maximum absolute atomic E-state index is 13.0. The molecule has 0 fully saturated rings. The minimum absolute atomic E-state index is 0.159. The van der Waals surface area contributed by atoms with E-state index in [1.165, 1.54) is 34.4 Å². The molecule has 2 aromatic heterocycles. The topological polar surface area (TPSA) is 47.5 Å². The number of thiazole rings is 1. The van der Waals surface area contributed by atoms with Gasteiger partial charge in [-0.25, -0.2) is 4.68 Å². The van der Waals surface area contributed by atoms with E-state index >= 15 is 0 Å². The van der Waals surface area contributed by atoms with Crippen LogP contribution in [0.3, 0.4) is 0 Å². The highest BCUT2D eigenvalue weighted by molar-refractivity contribution is 7.16. The van der Waals surface area contributed by atoms with Gasteiger partial charge in [0.2, 0.25) is 4.80 Å². The molecule has 0 aliphatic heterocycles. The van der Waals surface area contributed by atoms with Gasteiger partial charge in [-0.2, -0.15) is 23.4 Å². The summed E-state index contributed by atoms with van der Waals surface area (Å²) < 4.78 is 43.3. The highest BCUT2D eigenvalue weighted by atomic mass is 35.5. The van der Waals surface area contributed by atoms with Crippen molar-refractivity contribution in [3.63, 3.8) is 0 Å². The lowest BCUT2D eigenvalue weighted by Gasteiger charge is -2.09. The van der Waals surface area contributed by atoms with Gasteiger partial charge in [-0.15, -0.1) is 5.10 Å². The number of halogens is 4. The van der Waals surface area contributed by atoms with Crippen LogP contribution in [0, 0.1) is 6.92 Å². The summed E-state index contributed by atoms with van der Waals surface area (Å²) in [6, 6.07) is 12.7.